The summed E-state index contributed by atoms with van der Waals surface area (Å²) in [6.45, 7) is -0.292. The zero-order valence-electron chi connectivity index (χ0n) is 12.7. The summed E-state index contributed by atoms with van der Waals surface area (Å²) in [6.07, 6.45) is -4.42. The number of fused-ring (bicyclic) bond motifs is 2. The zero-order chi connectivity index (χ0) is 17.2. The van der Waals surface area contributed by atoms with Crippen LogP contribution < -0.4 is 45.7 Å². The minimum absolute atomic E-state index is 0. The molecule has 4 heterocycles. The summed E-state index contributed by atoms with van der Waals surface area (Å²) in [6, 6.07) is 0. The molecule has 15 heteroatoms. The van der Waals surface area contributed by atoms with Crippen molar-refractivity contribution in [3.63, 3.8) is 0 Å². The Bertz CT molecular complexity index is 936. The first-order valence-electron chi connectivity index (χ1n) is 6.67. The van der Waals surface area contributed by atoms with Gasteiger partial charge in [-0.1, -0.05) is 0 Å². The van der Waals surface area contributed by atoms with Crippen molar-refractivity contribution in [2.45, 2.75) is 24.5 Å². The largest absolute Gasteiger partial charge is 1.00 e. The monoisotopic (exact) mass is 445 g/mol. The molecule has 1 unspecified atom stereocenters. The van der Waals surface area contributed by atoms with Crippen LogP contribution in [0.3, 0.4) is 0 Å². The van der Waals surface area contributed by atoms with Crippen molar-refractivity contribution in [3.05, 3.63) is 15.1 Å². The predicted octanol–water partition coefficient (Wildman–Crippen LogP) is -4.39. The molecule has 4 rings (SSSR count). The summed E-state index contributed by atoms with van der Waals surface area (Å²) in [5.74, 6) is -0.144. The van der Waals surface area contributed by atoms with Crippen molar-refractivity contribution < 1.29 is 57.9 Å². The topological polar surface area (TPSA) is 178 Å². The van der Waals surface area contributed by atoms with Gasteiger partial charge in [-0.25, -0.2) is 4.98 Å². The van der Waals surface area contributed by atoms with E-state index in [0.29, 0.717) is 0 Å². The Kier molecular flexibility index (Phi) is 5.19. The number of aromatic amines is 1. The maximum absolute atomic E-state index is 11.9. The van der Waals surface area contributed by atoms with E-state index in [1.54, 1.807) is 0 Å². The standard InChI is InChI=1S/C10H11BrN5O7P.Na/c11-9-13-3-6(14-10(12)15-7(3)18)16(9)8-4(17)5-2(22-8)1-21-24(19,20)23-5;/h2,4-5,8,17H,1H2,(H,19,20)(H3,12,14,15,18);/q;+1/p-1/t2-,4+,5+,8+;/m0./s1. The van der Waals surface area contributed by atoms with Crippen LogP contribution in [0, 0.1) is 0 Å². The smallest absolute Gasteiger partial charge is 0.756 e. The number of halogens is 1. The number of aliphatic hydroxyl groups excluding tert-OH is 1. The van der Waals surface area contributed by atoms with Crippen LogP contribution >= 0.6 is 23.8 Å². The van der Waals surface area contributed by atoms with Crippen LogP contribution in [0.25, 0.3) is 11.2 Å². The average molecular weight is 446 g/mol. The van der Waals surface area contributed by atoms with Gasteiger partial charge in [-0.3, -0.25) is 18.9 Å². The molecule has 0 amide bonds. The number of nitrogens with two attached hydrogens (primary N) is 1. The molecule has 5 atom stereocenters. The SMILES string of the molecule is Nc1nc2c(nc(Br)n2[C@@H]2O[C@H]3COP(=O)([O-])O[C@H]3[C@H]2O)c(=O)[nH]1.[Na+]. The number of ether oxygens (including phenoxy) is 1. The molecule has 2 saturated heterocycles. The summed E-state index contributed by atoms with van der Waals surface area (Å²) < 4.78 is 27.8. The van der Waals surface area contributed by atoms with Gasteiger partial charge in [-0.2, -0.15) is 4.98 Å². The molecule has 0 spiro atoms. The van der Waals surface area contributed by atoms with Gasteiger partial charge in [0.2, 0.25) is 5.95 Å². The Balaban J connectivity index is 0.00000182. The van der Waals surface area contributed by atoms with Gasteiger partial charge in [0.05, 0.1) is 6.61 Å². The van der Waals surface area contributed by atoms with Gasteiger partial charge in [0, 0.05) is 0 Å². The predicted molar refractivity (Wildman–Crippen MR) is 78.6 cm³/mol. The number of H-pyrrole nitrogens is 1. The number of anilines is 1. The quantitative estimate of drug-likeness (QED) is 0.220. The van der Waals surface area contributed by atoms with Crippen molar-refractivity contribution in [1.82, 2.24) is 19.5 Å². The molecule has 2 aromatic heterocycles. The van der Waals surface area contributed by atoms with Crippen molar-refractivity contribution in [2.24, 2.45) is 0 Å². The molecule has 0 radical (unpaired) electrons. The van der Waals surface area contributed by atoms with Gasteiger partial charge in [-0.05, 0) is 15.9 Å². The summed E-state index contributed by atoms with van der Waals surface area (Å²) in [7, 11) is -4.49. The fraction of sp³-hybridized carbons (Fsp3) is 0.500. The number of aromatic nitrogens is 4. The molecule has 2 aromatic rings. The van der Waals surface area contributed by atoms with Crippen LogP contribution in [0.15, 0.2) is 9.53 Å². The van der Waals surface area contributed by atoms with Gasteiger partial charge < -0.3 is 29.5 Å². The molecule has 130 valence electrons. The van der Waals surface area contributed by atoms with Crippen LogP contribution in [0.1, 0.15) is 6.23 Å². The fourth-order valence-corrected chi connectivity index (χ4v) is 4.24. The van der Waals surface area contributed by atoms with E-state index in [9.17, 15) is 19.4 Å². The van der Waals surface area contributed by atoms with Crippen molar-refractivity contribution >= 4 is 40.9 Å². The van der Waals surface area contributed by atoms with E-state index in [-0.39, 0.29) is 58.0 Å². The van der Waals surface area contributed by atoms with Crippen LogP contribution in [0.5, 0.6) is 0 Å². The molecule has 4 N–H and O–H groups in total. The number of nitrogen functional groups attached to an aromatic ring is 1. The van der Waals surface area contributed by atoms with E-state index in [1.807, 2.05) is 0 Å². The zero-order valence-corrected chi connectivity index (χ0v) is 17.1. The fourth-order valence-electron chi connectivity index (χ4n) is 2.74. The number of hydrogen-bond donors (Lipinski definition) is 3. The van der Waals surface area contributed by atoms with Crippen LogP contribution in [-0.4, -0.2) is 49.5 Å². The number of aliphatic hydroxyl groups is 1. The van der Waals surface area contributed by atoms with E-state index >= 15 is 0 Å². The Hall–Kier alpha value is -0.340. The second kappa shape index (κ2) is 6.68. The maximum Gasteiger partial charge on any atom is 1.00 e. The van der Waals surface area contributed by atoms with Crippen molar-refractivity contribution in [2.75, 3.05) is 12.3 Å². The van der Waals surface area contributed by atoms with Gasteiger partial charge in [0.25, 0.3) is 13.4 Å². The summed E-state index contributed by atoms with van der Waals surface area (Å²) >= 11 is 3.17. The molecule has 0 saturated carbocycles. The van der Waals surface area contributed by atoms with E-state index in [0.717, 1.165) is 0 Å². The molecule has 0 aromatic carbocycles. The Morgan fingerprint density at radius 2 is 2.20 bits per heavy atom. The van der Waals surface area contributed by atoms with E-state index in [2.05, 4.69) is 35.4 Å². The number of hydrogen-bond acceptors (Lipinski definition) is 10. The van der Waals surface area contributed by atoms with Crippen LogP contribution in [-0.2, 0) is 18.3 Å². The molecular weight excluding hydrogens is 436 g/mol. The molecule has 2 aliphatic heterocycles. The normalized spacial score (nSPS) is 34.7. The van der Waals surface area contributed by atoms with Gasteiger partial charge in [0.15, 0.2) is 22.1 Å². The second-order valence-corrected chi connectivity index (χ2v) is 7.32. The molecule has 0 aliphatic carbocycles. The first kappa shape index (κ1) is 19.4. The molecule has 2 aliphatic rings. The van der Waals surface area contributed by atoms with E-state index in [1.165, 1.54) is 4.57 Å². The minimum Gasteiger partial charge on any atom is -0.756 e. The average Bonchev–Trinajstić information content (AvgIpc) is 2.96. The number of imidazole rings is 1. The number of phosphoric acid groups is 1. The van der Waals surface area contributed by atoms with Gasteiger partial charge >= 0.3 is 29.6 Å². The Morgan fingerprint density at radius 3 is 2.92 bits per heavy atom. The van der Waals surface area contributed by atoms with E-state index in [4.69, 9.17) is 15.0 Å². The van der Waals surface area contributed by atoms with Gasteiger partial charge in [0.1, 0.15) is 18.3 Å². The first-order chi connectivity index (χ1) is 11.3. The van der Waals surface area contributed by atoms with Crippen molar-refractivity contribution in [3.8, 4) is 0 Å². The van der Waals surface area contributed by atoms with Crippen molar-refractivity contribution in [1.29, 1.82) is 0 Å². The van der Waals surface area contributed by atoms with Crippen LogP contribution in [0.2, 0.25) is 0 Å². The number of rotatable bonds is 1. The summed E-state index contributed by atoms with van der Waals surface area (Å²) in [4.78, 5) is 33.6. The summed E-state index contributed by atoms with van der Waals surface area (Å²) in [5, 5.41) is 10.4. The first-order valence-corrected chi connectivity index (χ1v) is 8.93. The molecule has 25 heavy (non-hydrogen) atoms. The second-order valence-electron chi connectivity index (χ2n) is 5.24. The third-order valence-corrected chi connectivity index (χ3v) is 5.26. The molecule has 2 fully saturated rings. The number of nitrogens with zero attached hydrogens (tertiary/aromatic N) is 3. The molecule has 0 bridgehead atoms. The van der Waals surface area contributed by atoms with Crippen LogP contribution in [0.4, 0.5) is 5.95 Å². The third-order valence-electron chi connectivity index (χ3n) is 3.74. The maximum atomic E-state index is 11.9. The molecular formula is C10H10BrN5NaO7P. The number of nitrogens with one attached hydrogen (secondary N) is 1. The summed E-state index contributed by atoms with van der Waals surface area (Å²) in [5.41, 5.74) is 5.02. The Morgan fingerprint density at radius 1 is 1.48 bits per heavy atom. The third kappa shape index (κ3) is 3.23. The molecule has 12 nitrogen and oxygen atoms in total. The Labute approximate surface area is 169 Å². The van der Waals surface area contributed by atoms with Gasteiger partial charge in [-0.15, -0.1) is 0 Å². The minimum atomic E-state index is -4.49. The number of phosphoric ester groups is 1. The van der Waals surface area contributed by atoms with E-state index < -0.39 is 37.9 Å².